The van der Waals surface area contributed by atoms with Crippen molar-refractivity contribution in [3.05, 3.63) is 10.6 Å². The van der Waals surface area contributed by atoms with Crippen LogP contribution >= 0.6 is 11.5 Å². The van der Waals surface area contributed by atoms with Crippen molar-refractivity contribution in [2.75, 3.05) is 0 Å². The SMILES string of the molecule is Cc1nnsc1C(=O)NC(C#N)C1CCCCC1. The van der Waals surface area contributed by atoms with E-state index in [1.54, 1.807) is 6.92 Å². The van der Waals surface area contributed by atoms with Gasteiger partial charge in [-0.15, -0.1) is 5.10 Å². The normalized spacial score (nSPS) is 18.0. The number of carbonyl (C=O) groups is 1. The van der Waals surface area contributed by atoms with E-state index >= 15 is 0 Å². The molecule has 5 nitrogen and oxygen atoms in total. The molecule has 1 atom stereocenters. The third kappa shape index (κ3) is 2.85. The van der Waals surface area contributed by atoms with Crippen molar-refractivity contribution in [1.29, 1.82) is 5.26 Å². The zero-order valence-electron chi connectivity index (χ0n) is 10.3. The minimum Gasteiger partial charge on any atom is -0.335 e. The molecule has 1 unspecified atom stereocenters. The van der Waals surface area contributed by atoms with Crippen LogP contribution in [0.4, 0.5) is 0 Å². The van der Waals surface area contributed by atoms with Crippen LogP contribution in [0.25, 0.3) is 0 Å². The quantitative estimate of drug-likeness (QED) is 0.906. The lowest BCUT2D eigenvalue weighted by Gasteiger charge is -2.26. The Hall–Kier alpha value is -1.48. The summed E-state index contributed by atoms with van der Waals surface area (Å²) in [5.41, 5.74) is 0.623. The molecule has 1 aromatic rings. The number of amides is 1. The summed E-state index contributed by atoms with van der Waals surface area (Å²) in [6.45, 7) is 1.75. The van der Waals surface area contributed by atoms with Gasteiger partial charge in [0.2, 0.25) is 0 Å². The summed E-state index contributed by atoms with van der Waals surface area (Å²) in [7, 11) is 0. The summed E-state index contributed by atoms with van der Waals surface area (Å²) in [5, 5.41) is 15.8. The van der Waals surface area contributed by atoms with Crippen LogP contribution in [0.1, 0.15) is 47.5 Å². The van der Waals surface area contributed by atoms with Crippen molar-refractivity contribution in [2.24, 2.45) is 5.92 Å². The average molecular weight is 264 g/mol. The summed E-state index contributed by atoms with van der Waals surface area (Å²) < 4.78 is 3.74. The predicted octanol–water partition coefficient (Wildman–Crippen LogP) is 2.05. The molecule has 1 aliphatic rings. The van der Waals surface area contributed by atoms with E-state index < -0.39 is 0 Å². The number of hydrogen-bond donors (Lipinski definition) is 1. The summed E-state index contributed by atoms with van der Waals surface area (Å²) in [6.07, 6.45) is 5.59. The Morgan fingerprint density at radius 1 is 1.50 bits per heavy atom. The van der Waals surface area contributed by atoms with Crippen molar-refractivity contribution in [2.45, 2.75) is 45.1 Å². The molecule has 2 rings (SSSR count). The molecule has 0 aromatic carbocycles. The number of rotatable bonds is 3. The molecule has 1 heterocycles. The first kappa shape index (κ1) is 13.0. The second-order valence-corrected chi connectivity index (χ2v) is 5.42. The fraction of sp³-hybridized carbons (Fsp3) is 0.667. The highest BCUT2D eigenvalue weighted by molar-refractivity contribution is 7.08. The Kier molecular flexibility index (Phi) is 4.26. The van der Waals surface area contributed by atoms with Gasteiger partial charge < -0.3 is 5.32 Å². The van der Waals surface area contributed by atoms with Gasteiger partial charge in [0, 0.05) is 0 Å². The minimum atomic E-state index is -0.390. The van der Waals surface area contributed by atoms with Gasteiger partial charge >= 0.3 is 0 Å². The van der Waals surface area contributed by atoms with E-state index in [1.165, 1.54) is 6.42 Å². The Balaban J connectivity index is 2.00. The number of nitrogens with one attached hydrogen (secondary N) is 1. The van der Waals surface area contributed by atoms with Crippen molar-refractivity contribution in [1.82, 2.24) is 14.9 Å². The van der Waals surface area contributed by atoms with Crippen LogP contribution in [-0.2, 0) is 0 Å². The van der Waals surface area contributed by atoms with Crippen LogP contribution in [0.2, 0.25) is 0 Å². The largest absolute Gasteiger partial charge is 0.335 e. The fourth-order valence-corrected chi connectivity index (χ4v) is 2.93. The highest BCUT2D eigenvalue weighted by Crippen LogP contribution is 2.26. The molecule has 1 saturated carbocycles. The summed E-state index contributed by atoms with van der Waals surface area (Å²) in [5.74, 6) is 0.0634. The Bertz CT molecular complexity index is 459. The van der Waals surface area contributed by atoms with Crippen LogP contribution in [0, 0.1) is 24.2 Å². The topological polar surface area (TPSA) is 78.7 Å². The molecule has 6 heteroatoms. The first-order valence-corrected chi connectivity index (χ1v) is 6.99. The first-order chi connectivity index (χ1) is 8.72. The number of hydrogen-bond acceptors (Lipinski definition) is 5. The van der Waals surface area contributed by atoms with Gasteiger partial charge in [0.1, 0.15) is 10.9 Å². The van der Waals surface area contributed by atoms with Gasteiger partial charge in [-0.1, -0.05) is 23.8 Å². The van der Waals surface area contributed by atoms with Crippen molar-refractivity contribution >= 4 is 17.4 Å². The third-order valence-electron chi connectivity index (χ3n) is 3.40. The predicted molar refractivity (Wildman–Crippen MR) is 68.1 cm³/mol. The molecule has 0 aliphatic heterocycles. The van der Waals surface area contributed by atoms with Gasteiger partial charge in [-0.3, -0.25) is 4.79 Å². The molecule has 1 N–H and O–H groups in total. The Labute approximate surface area is 110 Å². The zero-order chi connectivity index (χ0) is 13.0. The van der Waals surface area contributed by atoms with Crippen molar-refractivity contribution in [3.8, 4) is 6.07 Å². The number of nitrogens with zero attached hydrogens (tertiary/aromatic N) is 3. The molecule has 0 saturated heterocycles. The number of carbonyl (C=O) groups excluding carboxylic acids is 1. The number of aryl methyl sites for hydroxylation is 1. The van der Waals surface area contributed by atoms with Gasteiger partial charge in [-0.05, 0) is 37.2 Å². The van der Waals surface area contributed by atoms with Crippen LogP contribution in [0.15, 0.2) is 0 Å². The third-order valence-corrected chi connectivity index (χ3v) is 4.23. The highest BCUT2D eigenvalue weighted by atomic mass is 32.1. The lowest BCUT2D eigenvalue weighted by molar-refractivity contribution is 0.0932. The lowest BCUT2D eigenvalue weighted by Crippen LogP contribution is -2.40. The van der Waals surface area contributed by atoms with Gasteiger partial charge in [-0.25, -0.2) is 0 Å². The maximum Gasteiger partial charge on any atom is 0.265 e. The summed E-state index contributed by atoms with van der Waals surface area (Å²) in [6, 6.07) is 1.83. The molecule has 1 aromatic heterocycles. The standard InChI is InChI=1S/C12H16N4OS/c1-8-11(18-16-15-8)12(17)14-10(7-13)9-5-3-2-4-6-9/h9-10H,2-6H2,1H3,(H,14,17). The minimum absolute atomic E-state index is 0.223. The molecule has 0 radical (unpaired) electrons. The van der Waals surface area contributed by atoms with E-state index in [0.29, 0.717) is 10.6 Å². The van der Waals surface area contributed by atoms with Gasteiger partial charge in [-0.2, -0.15) is 5.26 Å². The molecule has 18 heavy (non-hydrogen) atoms. The Morgan fingerprint density at radius 2 is 2.22 bits per heavy atom. The van der Waals surface area contributed by atoms with Crippen molar-refractivity contribution in [3.63, 3.8) is 0 Å². The van der Waals surface area contributed by atoms with E-state index in [4.69, 9.17) is 0 Å². The van der Waals surface area contributed by atoms with E-state index in [1.807, 2.05) is 0 Å². The molecule has 0 bridgehead atoms. The average Bonchev–Trinajstić information content (AvgIpc) is 2.83. The van der Waals surface area contributed by atoms with Crippen LogP contribution < -0.4 is 5.32 Å². The van der Waals surface area contributed by atoms with Gasteiger partial charge in [0.25, 0.3) is 5.91 Å². The zero-order valence-corrected chi connectivity index (χ0v) is 11.2. The van der Waals surface area contributed by atoms with Crippen LogP contribution in [0.5, 0.6) is 0 Å². The summed E-state index contributed by atoms with van der Waals surface area (Å²) in [4.78, 5) is 12.5. The number of nitriles is 1. The summed E-state index contributed by atoms with van der Waals surface area (Å²) >= 11 is 1.07. The second kappa shape index (κ2) is 5.91. The molecule has 1 amide bonds. The van der Waals surface area contributed by atoms with E-state index in [2.05, 4.69) is 21.0 Å². The first-order valence-electron chi connectivity index (χ1n) is 6.22. The van der Waals surface area contributed by atoms with Crippen molar-refractivity contribution < 1.29 is 4.79 Å². The molecular weight excluding hydrogens is 248 g/mol. The second-order valence-electron chi connectivity index (χ2n) is 4.67. The number of aromatic nitrogens is 2. The molecule has 1 aliphatic carbocycles. The van der Waals surface area contributed by atoms with E-state index in [0.717, 1.165) is 37.2 Å². The molecule has 0 spiro atoms. The molecule has 1 fully saturated rings. The fourth-order valence-electron chi connectivity index (χ4n) is 2.37. The maximum atomic E-state index is 12.0. The smallest absolute Gasteiger partial charge is 0.265 e. The highest BCUT2D eigenvalue weighted by Gasteiger charge is 2.26. The molecular formula is C12H16N4OS. The van der Waals surface area contributed by atoms with Crippen LogP contribution in [0.3, 0.4) is 0 Å². The van der Waals surface area contributed by atoms with Gasteiger partial charge in [0.05, 0.1) is 11.8 Å². The monoisotopic (exact) mass is 264 g/mol. The van der Waals surface area contributed by atoms with Crippen LogP contribution in [-0.4, -0.2) is 21.5 Å². The maximum absolute atomic E-state index is 12.0. The van der Waals surface area contributed by atoms with E-state index in [-0.39, 0.29) is 17.9 Å². The molecule has 96 valence electrons. The van der Waals surface area contributed by atoms with E-state index in [9.17, 15) is 10.1 Å². The van der Waals surface area contributed by atoms with Gasteiger partial charge in [0.15, 0.2) is 0 Å². The Morgan fingerprint density at radius 3 is 2.78 bits per heavy atom. The lowest BCUT2D eigenvalue weighted by atomic mass is 9.84.